The van der Waals surface area contributed by atoms with Crippen LogP contribution in [0, 0.1) is 6.92 Å². The molecule has 18 heavy (non-hydrogen) atoms. The lowest BCUT2D eigenvalue weighted by molar-refractivity contribution is 0.439. The van der Waals surface area contributed by atoms with Crippen LogP contribution in [-0.2, 0) is 0 Å². The summed E-state index contributed by atoms with van der Waals surface area (Å²) in [6.45, 7) is 1.89. The lowest BCUT2D eigenvalue weighted by atomic mass is 10.1. The smallest absolute Gasteiger partial charge is 0.222 e. The van der Waals surface area contributed by atoms with E-state index in [0.717, 1.165) is 16.9 Å². The summed E-state index contributed by atoms with van der Waals surface area (Å²) in [5, 5.41) is 12.4. The number of anilines is 1. The summed E-state index contributed by atoms with van der Waals surface area (Å²) in [6, 6.07) is 9.35. The molecule has 0 aliphatic heterocycles. The van der Waals surface area contributed by atoms with Gasteiger partial charge in [0.2, 0.25) is 5.88 Å². The average Bonchev–Trinajstić information content (AvgIpc) is 2.98. The van der Waals surface area contributed by atoms with Gasteiger partial charge in [0.15, 0.2) is 0 Å². The Labute approximate surface area is 103 Å². The van der Waals surface area contributed by atoms with Gasteiger partial charge in [0.25, 0.3) is 0 Å². The molecule has 3 rings (SSSR count). The van der Waals surface area contributed by atoms with Crippen LogP contribution in [0.25, 0.3) is 16.9 Å². The van der Waals surface area contributed by atoms with Gasteiger partial charge in [0.05, 0.1) is 17.6 Å². The molecule has 0 saturated heterocycles. The monoisotopic (exact) mass is 241 g/mol. The van der Waals surface area contributed by atoms with Crippen LogP contribution in [0.2, 0.25) is 0 Å². The zero-order chi connectivity index (χ0) is 12.5. The van der Waals surface area contributed by atoms with E-state index in [4.69, 9.17) is 10.3 Å². The fraction of sp³-hybridized carbons (Fsp3) is 0.0833. The molecule has 90 valence electrons. The minimum absolute atomic E-state index is 0.282. The maximum absolute atomic E-state index is 5.54. The highest BCUT2D eigenvalue weighted by Crippen LogP contribution is 2.26. The fourth-order valence-electron chi connectivity index (χ4n) is 1.74. The number of hydrogen-bond donors (Lipinski definition) is 1. The highest BCUT2D eigenvalue weighted by atomic mass is 16.5. The van der Waals surface area contributed by atoms with Gasteiger partial charge in [0.1, 0.15) is 5.69 Å². The number of aryl methyl sites for hydroxylation is 1. The number of rotatable bonds is 2. The van der Waals surface area contributed by atoms with Crippen LogP contribution in [-0.4, -0.2) is 20.2 Å². The second-order valence-electron chi connectivity index (χ2n) is 3.91. The summed E-state index contributed by atoms with van der Waals surface area (Å²) >= 11 is 0. The van der Waals surface area contributed by atoms with Gasteiger partial charge in [-0.3, -0.25) is 0 Å². The first-order valence-corrected chi connectivity index (χ1v) is 5.45. The number of para-hydroxylation sites is 1. The summed E-state index contributed by atoms with van der Waals surface area (Å²) < 4.78 is 4.89. The number of nitrogens with two attached hydrogens (primary N) is 1. The minimum Gasteiger partial charge on any atom is -0.368 e. The Hall–Kier alpha value is -2.63. The van der Waals surface area contributed by atoms with Gasteiger partial charge >= 0.3 is 0 Å². The molecule has 3 aromatic rings. The molecular formula is C12H11N5O. The first-order valence-electron chi connectivity index (χ1n) is 5.45. The SMILES string of the molecule is Cc1cnn(-c2ccccc2-c2cc(N)on2)n1. The third kappa shape index (κ3) is 1.73. The average molecular weight is 241 g/mol. The van der Waals surface area contributed by atoms with Gasteiger partial charge in [-0.2, -0.15) is 15.0 Å². The molecule has 0 aliphatic carbocycles. The van der Waals surface area contributed by atoms with Crippen molar-refractivity contribution in [2.75, 3.05) is 5.73 Å². The molecule has 0 saturated carbocycles. The van der Waals surface area contributed by atoms with Crippen molar-refractivity contribution in [1.29, 1.82) is 0 Å². The van der Waals surface area contributed by atoms with Gasteiger partial charge in [-0.15, -0.1) is 0 Å². The van der Waals surface area contributed by atoms with E-state index in [9.17, 15) is 0 Å². The minimum atomic E-state index is 0.282. The van der Waals surface area contributed by atoms with Crippen molar-refractivity contribution in [3.8, 4) is 16.9 Å². The van der Waals surface area contributed by atoms with Crippen molar-refractivity contribution >= 4 is 5.88 Å². The van der Waals surface area contributed by atoms with Crippen LogP contribution < -0.4 is 5.73 Å². The van der Waals surface area contributed by atoms with Gasteiger partial charge in [-0.05, 0) is 13.0 Å². The second-order valence-corrected chi connectivity index (χ2v) is 3.91. The largest absolute Gasteiger partial charge is 0.368 e. The Balaban J connectivity index is 2.16. The topological polar surface area (TPSA) is 82.8 Å². The molecule has 6 nitrogen and oxygen atoms in total. The van der Waals surface area contributed by atoms with Crippen molar-refractivity contribution in [3.63, 3.8) is 0 Å². The number of hydrogen-bond acceptors (Lipinski definition) is 5. The lowest BCUT2D eigenvalue weighted by Gasteiger charge is -2.04. The van der Waals surface area contributed by atoms with E-state index in [1.807, 2.05) is 31.2 Å². The maximum Gasteiger partial charge on any atom is 0.222 e. The van der Waals surface area contributed by atoms with Gasteiger partial charge < -0.3 is 10.3 Å². The highest BCUT2D eigenvalue weighted by Gasteiger charge is 2.11. The third-order valence-corrected chi connectivity index (χ3v) is 2.53. The zero-order valence-corrected chi connectivity index (χ0v) is 9.74. The summed E-state index contributed by atoms with van der Waals surface area (Å²) in [5.74, 6) is 0.282. The van der Waals surface area contributed by atoms with Gasteiger partial charge in [-0.25, -0.2) is 0 Å². The molecule has 2 aromatic heterocycles. The molecular weight excluding hydrogens is 230 g/mol. The molecule has 0 fully saturated rings. The summed E-state index contributed by atoms with van der Waals surface area (Å²) in [6.07, 6.45) is 1.70. The molecule has 0 atom stereocenters. The Kier molecular flexibility index (Phi) is 2.33. The van der Waals surface area contributed by atoms with Crippen LogP contribution in [0.5, 0.6) is 0 Å². The molecule has 0 aliphatic rings. The van der Waals surface area contributed by atoms with Crippen LogP contribution in [0.4, 0.5) is 5.88 Å². The quantitative estimate of drug-likeness (QED) is 0.739. The molecule has 2 N–H and O–H groups in total. The molecule has 6 heteroatoms. The van der Waals surface area contributed by atoms with Crippen molar-refractivity contribution in [3.05, 3.63) is 42.2 Å². The van der Waals surface area contributed by atoms with Crippen LogP contribution in [0.15, 0.2) is 41.1 Å². The number of nitrogens with zero attached hydrogens (tertiary/aromatic N) is 4. The first kappa shape index (κ1) is 10.5. The Morgan fingerprint density at radius 1 is 1.28 bits per heavy atom. The first-order chi connectivity index (χ1) is 8.74. The Morgan fingerprint density at radius 3 is 2.78 bits per heavy atom. The summed E-state index contributed by atoms with van der Waals surface area (Å²) in [4.78, 5) is 1.57. The van der Waals surface area contributed by atoms with Gasteiger partial charge in [-0.1, -0.05) is 23.4 Å². The normalized spacial score (nSPS) is 10.7. The van der Waals surface area contributed by atoms with Gasteiger partial charge in [0, 0.05) is 11.6 Å². The van der Waals surface area contributed by atoms with Crippen molar-refractivity contribution in [2.45, 2.75) is 6.92 Å². The molecule has 0 amide bonds. The number of aromatic nitrogens is 4. The number of benzene rings is 1. The third-order valence-electron chi connectivity index (χ3n) is 2.53. The van der Waals surface area contributed by atoms with Crippen LogP contribution >= 0.6 is 0 Å². The standard InChI is InChI=1S/C12H11N5O/c1-8-7-14-17(15-8)11-5-3-2-4-9(11)10-6-12(13)18-16-10/h2-7H,13H2,1H3. The van der Waals surface area contributed by atoms with E-state index in [1.54, 1.807) is 17.1 Å². The lowest BCUT2D eigenvalue weighted by Crippen LogP contribution is -2.01. The second kappa shape index (κ2) is 3.99. The molecule has 0 spiro atoms. The zero-order valence-electron chi connectivity index (χ0n) is 9.74. The van der Waals surface area contributed by atoms with Crippen molar-refractivity contribution in [1.82, 2.24) is 20.2 Å². The predicted octanol–water partition coefficient (Wildman–Crippen LogP) is 1.81. The van der Waals surface area contributed by atoms with E-state index in [1.165, 1.54) is 0 Å². The predicted molar refractivity (Wildman–Crippen MR) is 66.0 cm³/mol. The highest BCUT2D eigenvalue weighted by molar-refractivity contribution is 5.70. The summed E-state index contributed by atoms with van der Waals surface area (Å²) in [5.41, 5.74) is 8.76. The van der Waals surface area contributed by atoms with Crippen LogP contribution in [0.3, 0.4) is 0 Å². The van der Waals surface area contributed by atoms with Crippen molar-refractivity contribution in [2.24, 2.45) is 0 Å². The molecule has 0 unspecified atom stereocenters. The van der Waals surface area contributed by atoms with E-state index in [0.29, 0.717) is 5.69 Å². The van der Waals surface area contributed by atoms with Crippen LogP contribution in [0.1, 0.15) is 5.69 Å². The molecule has 0 radical (unpaired) electrons. The fourth-order valence-corrected chi connectivity index (χ4v) is 1.74. The Bertz CT molecular complexity index is 626. The molecule has 2 heterocycles. The van der Waals surface area contributed by atoms with Crippen molar-refractivity contribution < 1.29 is 4.52 Å². The van der Waals surface area contributed by atoms with E-state index in [-0.39, 0.29) is 5.88 Å². The Morgan fingerprint density at radius 2 is 2.11 bits per heavy atom. The molecule has 1 aromatic carbocycles. The number of nitrogen functional groups attached to an aromatic ring is 1. The van der Waals surface area contributed by atoms with E-state index < -0.39 is 0 Å². The summed E-state index contributed by atoms with van der Waals surface area (Å²) in [7, 11) is 0. The maximum atomic E-state index is 5.54. The molecule has 0 bridgehead atoms. The van der Waals surface area contributed by atoms with E-state index >= 15 is 0 Å². The van der Waals surface area contributed by atoms with E-state index in [2.05, 4.69) is 15.4 Å².